The molecule has 0 spiro atoms. The number of amides is 1. The van der Waals surface area contributed by atoms with Crippen LogP contribution < -0.4 is 10.6 Å². The summed E-state index contributed by atoms with van der Waals surface area (Å²) in [6, 6.07) is 3.72. The van der Waals surface area contributed by atoms with Gasteiger partial charge in [-0.25, -0.2) is 0 Å². The number of rotatable bonds is 4. The van der Waals surface area contributed by atoms with Crippen LogP contribution in [0.15, 0.2) is 18.3 Å². The highest BCUT2D eigenvalue weighted by Crippen LogP contribution is 2.10. The van der Waals surface area contributed by atoms with Gasteiger partial charge in [0, 0.05) is 19.8 Å². The van der Waals surface area contributed by atoms with Gasteiger partial charge in [0.2, 0.25) is 0 Å². The molecule has 0 aromatic carbocycles. The molecule has 0 radical (unpaired) electrons. The second-order valence-electron chi connectivity index (χ2n) is 4.41. The van der Waals surface area contributed by atoms with Crippen molar-refractivity contribution in [1.82, 2.24) is 15.2 Å². The highest BCUT2D eigenvalue weighted by atomic mass is 16.1. The molecule has 4 nitrogen and oxygen atoms in total. The van der Waals surface area contributed by atoms with Gasteiger partial charge in [0.25, 0.3) is 5.91 Å². The molecule has 1 saturated heterocycles. The molecule has 1 aliphatic heterocycles. The smallest absolute Gasteiger partial charge is 0.267 e. The number of aromatic nitrogens is 1. The van der Waals surface area contributed by atoms with Crippen LogP contribution in [0.3, 0.4) is 0 Å². The van der Waals surface area contributed by atoms with Crippen LogP contribution in [-0.4, -0.2) is 30.1 Å². The van der Waals surface area contributed by atoms with Crippen LogP contribution in [0.5, 0.6) is 0 Å². The molecule has 88 valence electrons. The van der Waals surface area contributed by atoms with Crippen LogP contribution in [0, 0.1) is 5.92 Å². The van der Waals surface area contributed by atoms with E-state index in [1.807, 2.05) is 29.9 Å². The minimum absolute atomic E-state index is 0.0263. The minimum Gasteiger partial charge on any atom is -0.351 e. The molecule has 4 heteroatoms. The first kappa shape index (κ1) is 11.2. The summed E-state index contributed by atoms with van der Waals surface area (Å²) in [7, 11) is 1.88. The first-order valence-electron chi connectivity index (χ1n) is 5.87. The van der Waals surface area contributed by atoms with Crippen molar-refractivity contribution in [2.75, 3.05) is 19.6 Å². The van der Waals surface area contributed by atoms with Gasteiger partial charge in [-0.3, -0.25) is 4.79 Å². The average molecular weight is 221 g/mol. The zero-order valence-corrected chi connectivity index (χ0v) is 9.70. The third kappa shape index (κ3) is 2.64. The van der Waals surface area contributed by atoms with Crippen LogP contribution in [0.4, 0.5) is 0 Å². The van der Waals surface area contributed by atoms with E-state index in [4.69, 9.17) is 0 Å². The fourth-order valence-electron chi connectivity index (χ4n) is 2.14. The second kappa shape index (κ2) is 5.16. The molecule has 0 saturated carbocycles. The van der Waals surface area contributed by atoms with E-state index in [-0.39, 0.29) is 5.91 Å². The standard InChI is InChI=1S/C12H19N3O/c1-15-8-2-3-11(15)12(16)14-7-5-10-4-6-13-9-10/h2-3,8,10,13H,4-7,9H2,1H3,(H,14,16). The molecule has 1 amide bonds. The summed E-state index contributed by atoms with van der Waals surface area (Å²) in [5.74, 6) is 0.757. The molecule has 0 aliphatic carbocycles. The van der Waals surface area contributed by atoms with Gasteiger partial charge in [-0.05, 0) is 44.0 Å². The first-order chi connectivity index (χ1) is 7.77. The lowest BCUT2D eigenvalue weighted by Gasteiger charge is -2.09. The van der Waals surface area contributed by atoms with Crippen molar-refractivity contribution in [3.05, 3.63) is 24.0 Å². The predicted molar refractivity (Wildman–Crippen MR) is 63.3 cm³/mol. The van der Waals surface area contributed by atoms with E-state index in [0.29, 0.717) is 0 Å². The number of carbonyl (C=O) groups excluding carboxylic acids is 1. The molecule has 1 fully saturated rings. The molecule has 2 N–H and O–H groups in total. The molecular formula is C12H19N3O. The number of aryl methyl sites for hydroxylation is 1. The Labute approximate surface area is 96.0 Å². The van der Waals surface area contributed by atoms with Crippen molar-refractivity contribution < 1.29 is 4.79 Å². The Morgan fingerprint density at radius 1 is 1.69 bits per heavy atom. The van der Waals surface area contributed by atoms with E-state index in [2.05, 4.69) is 10.6 Å². The van der Waals surface area contributed by atoms with Gasteiger partial charge in [0.05, 0.1) is 0 Å². The van der Waals surface area contributed by atoms with Crippen molar-refractivity contribution >= 4 is 5.91 Å². The summed E-state index contributed by atoms with van der Waals surface area (Å²) < 4.78 is 1.84. The van der Waals surface area contributed by atoms with Crippen LogP contribution >= 0.6 is 0 Å². The van der Waals surface area contributed by atoms with E-state index >= 15 is 0 Å². The lowest BCUT2D eigenvalue weighted by atomic mass is 10.1. The van der Waals surface area contributed by atoms with E-state index in [1.54, 1.807) is 0 Å². The minimum atomic E-state index is 0.0263. The SMILES string of the molecule is Cn1cccc1C(=O)NCCC1CCNC1. The van der Waals surface area contributed by atoms with Gasteiger partial charge < -0.3 is 15.2 Å². The number of carbonyl (C=O) groups is 1. The molecule has 2 heterocycles. The number of nitrogens with one attached hydrogen (secondary N) is 2. The summed E-state index contributed by atoms with van der Waals surface area (Å²) in [4.78, 5) is 11.8. The molecule has 1 aromatic rings. The van der Waals surface area contributed by atoms with Crippen LogP contribution in [0.1, 0.15) is 23.3 Å². The summed E-state index contributed by atoms with van der Waals surface area (Å²) in [6.07, 6.45) is 4.19. The predicted octanol–water partition coefficient (Wildman–Crippen LogP) is 0.754. The normalized spacial score (nSPS) is 19.9. The Balaban J connectivity index is 1.73. The Kier molecular flexibility index (Phi) is 3.62. The highest BCUT2D eigenvalue weighted by molar-refractivity contribution is 5.92. The summed E-state index contributed by atoms with van der Waals surface area (Å²) in [5.41, 5.74) is 0.726. The van der Waals surface area contributed by atoms with E-state index in [9.17, 15) is 4.79 Å². The monoisotopic (exact) mass is 221 g/mol. The van der Waals surface area contributed by atoms with Gasteiger partial charge in [0.1, 0.15) is 5.69 Å². The van der Waals surface area contributed by atoms with Crippen molar-refractivity contribution in [3.63, 3.8) is 0 Å². The molecule has 1 atom stereocenters. The molecule has 2 rings (SSSR count). The second-order valence-corrected chi connectivity index (χ2v) is 4.41. The molecule has 16 heavy (non-hydrogen) atoms. The third-order valence-electron chi connectivity index (χ3n) is 3.18. The Hall–Kier alpha value is -1.29. The lowest BCUT2D eigenvalue weighted by Crippen LogP contribution is -2.27. The Bertz CT molecular complexity index is 353. The fraction of sp³-hybridized carbons (Fsp3) is 0.583. The van der Waals surface area contributed by atoms with Crippen molar-refractivity contribution in [2.45, 2.75) is 12.8 Å². The Morgan fingerprint density at radius 2 is 2.56 bits per heavy atom. The molecule has 1 aromatic heterocycles. The zero-order valence-electron chi connectivity index (χ0n) is 9.70. The average Bonchev–Trinajstić information content (AvgIpc) is 2.88. The van der Waals surface area contributed by atoms with E-state index in [0.717, 1.165) is 37.7 Å². The maximum atomic E-state index is 11.8. The van der Waals surface area contributed by atoms with Crippen molar-refractivity contribution in [1.29, 1.82) is 0 Å². The van der Waals surface area contributed by atoms with Crippen LogP contribution in [0.25, 0.3) is 0 Å². The van der Waals surface area contributed by atoms with Gasteiger partial charge >= 0.3 is 0 Å². The fourth-order valence-corrected chi connectivity index (χ4v) is 2.14. The zero-order chi connectivity index (χ0) is 11.4. The summed E-state index contributed by atoms with van der Waals surface area (Å²) in [5, 5.41) is 6.30. The third-order valence-corrected chi connectivity index (χ3v) is 3.18. The largest absolute Gasteiger partial charge is 0.351 e. The summed E-state index contributed by atoms with van der Waals surface area (Å²) >= 11 is 0. The van der Waals surface area contributed by atoms with E-state index in [1.165, 1.54) is 6.42 Å². The summed E-state index contributed by atoms with van der Waals surface area (Å²) in [6.45, 7) is 2.99. The maximum absolute atomic E-state index is 11.8. The van der Waals surface area contributed by atoms with Gasteiger partial charge in [-0.15, -0.1) is 0 Å². The molecule has 1 aliphatic rings. The molecular weight excluding hydrogens is 202 g/mol. The topological polar surface area (TPSA) is 46.1 Å². The first-order valence-corrected chi connectivity index (χ1v) is 5.87. The van der Waals surface area contributed by atoms with Crippen LogP contribution in [-0.2, 0) is 7.05 Å². The van der Waals surface area contributed by atoms with Gasteiger partial charge in [-0.2, -0.15) is 0 Å². The molecule has 0 bridgehead atoms. The van der Waals surface area contributed by atoms with Crippen LogP contribution in [0.2, 0.25) is 0 Å². The lowest BCUT2D eigenvalue weighted by molar-refractivity contribution is 0.0943. The molecule has 1 unspecified atom stereocenters. The van der Waals surface area contributed by atoms with E-state index < -0.39 is 0 Å². The van der Waals surface area contributed by atoms with Crippen molar-refractivity contribution in [3.8, 4) is 0 Å². The highest BCUT2D eigenvalue weighted by Gasteiger charge is 2.14. The van der Waals surface area contributed by atoms with Gasteiger partial charge in [-0.1, -0.05) is 0 Å². The quantitative estimate of drug-likeness (QED) is 0.788. The van der Waals surface area contributed by atoms with Crippen molar-refractivity contribution in [2.24, 2.45) is 13.0 Å². The maximum Gasteiger partial charge on any atom is 0.267 e. The number of hydrogen-bond donors (Lipinski definition) is 2. The Morgan fingerprint density at radius 3 is 3.19 bits per heavy atom. The number of hydrogen-bond acceptors (Lipinski definition) is 2. The number of nitrogens with zero attached hydrogens (tertiary/aromatic N) is 1. The van der Waals surface area contributed by atoms with Gasteiger partial charge in [0.15, 0.2) is 0 Å².